The Hall–Kier alpha value is -3.68. The highest BCUT2D eigenvalue weighted by Gasteiger charge is 2.12. The van der Waals surface area contributed by atoms with Crippen LogP contribution in [0.3, 0.4) is 0 Å². The number of para-hydroxylation sites is 1. The molecule has 0 aliphatic carbocycles. The van der Waals surface area contributed by atoms with Crippen LogP contribution in [0.5, 0.6) is 5.75 Å². The lowest BCUT2D eigenvalue weighted by Crippen LogP contribution is -2.27. The average Bonchev–Trinajstić information content (AvgIpc) is 3.17. The number of aromatic nitrogens is 3. The minimum atomic E-state index is -0.390. The highest BCUT2D eigenvalue weighted by atomic mass is 16.5. The summed E-state index contributed by atoms with van der Waals surface area (Å²) >= 11 is 0. The number of hydrogen-bond acceptors (Lipinski definition) is 5. The molecular weight excluding hydrogens is 346 g/mol. The van der Waals surface area contributed by atoms with E-state index in [9.17, 15) is 9.59 Å². The van der Waals surface area contributed by atoms with Gasteiger partial charge in [0.25, 0.3) is 11.8 Å². The number of rotatable bonds is 6. The smallest absolute Gasteiger partial charge is 0.277 e. The number of carbonyl (C=O) groups excluding carboxylic acids is 2. The molecule has 1 N–H and O–H groups in total. The third-order valence-electron chi connectivity index (χ3n) is 3.70. The van der Waals surface area contributed by atoms with Crippen molar-refractivity contribution in [2.75, 3.05) is 26.0 Å². The van der Waals surface area contributed by atoms with E-state index < -0.39 is 5.91 Å². The first-order chi connectivity index (χ1) is 13.0. The Morgan fingerprint density at radius 1 is 1.11 bits per heavy atom. The van der Waals surface area contributed by atoms with Gasteiger partial charge in [0.05, 0.1) is 11.9 Å². The fourth-order valence-electron chi connectivity index (χ4n) is 2.21. The van der Waals surface area contributed by atoms with Gasteiger partial charge in [0.2, 0.25) is 0 Å². The summed E-state index contributed by atoms with van der Waals surface area (Å²) in [6.07, 6.45) is 1.56. The van der Waals surface area contributed by atoms with Gasteiger partial charge >= 0.3 is 0 Å². The fourth-order valence-corrected chi connectivity index (χ4v) is 2.21. The van der Waals surface area contributed by atoms with Gasteiger partial charge in [-0.15, -0.1) is 5.10 Å². The summed E-state index contributed by atoms with van der Waals surface area (Å²) in [7, 11) is 3.32. The molecule has 138 valence electrons. The molecule has 0 aliphatic heterocycles. The molecule has 3 rings (SSSR count). The molecule has 0 bridgehead atoms. The molecule has 1 heterocycles. The van der Waals surface area contributed by atoms with E-state index in [2.05, 4.69) is 15.6 Å². The number of anilines is 1. The molecular formula is C19H19N5O3. The highest BCUT2D eigenvalue weighted by molar-refractivity contribution is 6.02. The van der Waals surface area contributed by atoms with Crippen LogP contribution < -0.4 is 10.1 Å². The standard InChI is InChI=1S/C19H19N5O3/c1-23(2)18(25)13-27-16-10-6-7-14(11-16)20-19(26)17-12-24(22-21-17)15-8-4-3-5-9-15/h3-12H,13H2,1-2H3,(H,20,26). The quantitative estimate of drug-likeness (QED) is 0.722. The van der Waals surface area contributed by atoms with Crippen LogP contribution in [-0.4, -0.2) is 52.4 Å². The van der Waals surface area contributed by atoms with E-state index in [1.807, 2.05) is 30.3 Å². The number of ether oxygens (including phenoxy) is 1. The molecule has 0 saturated carbocycles. The number of hydrogen-bond donors (Lipinski definition) is 1. The van der Waals surface area contributed by atoms with E-state index in [0.717, 1.165) is 5.69 Å². The second-order valence-electron chi connectivity index (χ2n) is 5.94. The minimum absolute atomic E-state index is 0.0736. The highest BCUT2D eigenvalue weighted by Crippen LogP contribution is 2.18. The monoisotopic (exact) mass is 365 g/mol. The van der Waals surface area contributed by atoms with Crippen molar-refractivity contribution in [3.8, 4) is 11.4 Å². The van der Waals surface area contributed by atoms with E-state index in [4.69, 9.17) is 4.74 Å². The van der Waals surface area contributed by atoms with E-state index in [0.29, 0.717) is 11.4 Å². The molecule has 0 spiro atoms. The summed E-state index contributed by atoms with van der Waals surface area (Å²) < 4.78 is 6.97. The lowest BCUT2D eigenvalue weighted by Gasteiger charge is -2.12. The van der Waals surface area contributed by atoms with Crippen molar-refractivity contribution in [2.24, 2.45) is 0 Å². The summed E-state index contributed by atoms with van der Waals surface area (Å²) in [5, 5.41) is 10.6. The summed E-state index contributed by atoms with van der Waals surface area (Å²) in [6, 6.07) is 16.2. The van der Waals surface area contributed by atoms with E-state index >= 15 is 0 Å². The van der Waals surface area contributed by atoms with Crippen molar-refractivity contribution < 1.29 is 14.3 Å². The molecule has 27 heavy (non-hydrogen) atoms. The van der Waals surface area contributed by atoms with E-state index in [1.54, 1.807) is 44.6 Å². The van der Waals surface area contributed by atoms with E-state index in [-0.39, 0.29) is 18.2 Å². The van der Waals surface area contributed by atoms with Crippen LogP contribution in [0.15, 0.2) is 60.8 Å². The Balaban J connectivity index is 1.65. The van der Waals surface area contributed by atoms with Gasteiger partial charge in [0.15, 0.2) is 12.3 Å². The fraction of sp³-hybridized carbons (Fsp3) is 0.158. The van der Waals surface area contributed by atoms with Crippen molar-refractivity contribution in [1.82, 2.24) is 19.9 Å². The normalized spacial score (nSPS) is 10.3. The topological polar surface area (TPSA) is 89.4 Å². The van der Waals surface area contributed by atoms with Gasteiger partial charge in [-0.05, 0) is 24.3 Å². The maximum atomic E-state index is 12.4. The van der Waals surface area contributed by atoms with Crippen LogP contribution in [0.1, 0.15) is 10.5 Å². The zero-order valence-corrected chi connectivity index (χ0v) is 15.0. The number of likely N-dealkylation sites (N-methyl/N-ethyl adjacent to an activating group) is 1. The van der Waals surface area contributed by atoms with Crippen molar-refractivity contribution >= 4 is 17.5 Å². The molecule has 8 heteroatoms. The molecule has 3 aromatic rings. The van der Waals surface area contributed by atoms with E-state index in [1.165, 1.54) is 9.58 Å². The van der Waals surface area contributed by atoms with Crippen LogP contribution in [0, 0.1) is 0 Å². The molecule has 8 nitrogen and oxygen atoms in total. The molecule has 0 saturated heterocycles. The van der Waals surface area contributed by atoms with Gasteiger partial charge in [0, 0.05) is 25.8 Å². The number of nitrogens with zero attached hydrogens (tertiary/aromatic N) is 4. The summed E-state index contributed by atoms with van der Waals surface area (Å²) in [5.41, 5.74) is 1.53. The second kappa shape index (κ2) is 8.13. The summed E-state index contributed by atoms with van der Waals surface area (Å²) in [4.78, 5) is 25.4. The first-order valence-electron chi connectivity index (χ1n) is 8.25. The maximum Gasteiger partial charge on any atom is 0.277 e. The van der Waals surface area contributed by atoms with Crippen LogP contribution in [0.25, 0.3) is 5.69 Å². The van der Waals surface area contributed by atoms with Gasteiger partial charge in [0.1, 0.15) is 5.75 Å². The third kappa shape index (κ3) is 4.69. The van der Waals surface area contributed by atoms with Crippen molar-refractivity contribution in [3.63, 3.8) is 0 Å². The number of benzene rings is 2. The number of carbonyl (C=O) groups is 2. The maximum absolute atomic E-state index is 12.4. The van der Waals surface area contributed by atoms with Crippen LogP contribution >= 0.6 is 0 Å². The Labute approximate surface area is 156 Å². The summed E-state index contributed by atoms with van der Waals surface area (Å²) in [5.74, 6) is -0.0587. The molecule has 0 fully saturated rings. The lowest BCUT2D eigenvalue weighted by molar-refractivity contribution is -0.130. The average molecular weight is 365 g/mol. The second-order valence-corrected chi connectivity index (χ2v) is 5.94. The molecule has 1 aromatic heterocycles. The molecule has 0 unspecified atom stereocenters. The van der Waals surface area contributed by atoms with Crippen LogP contribution in [0.2, 0.25) is 0 Å². The Morgan fingerprint density at radius 2 is 1.89 bits per heavy atom. The Morgan fingerprint density at radius 3 is 2.63 bits per heavy atom. The predicted molar refractivity (Wildman–Crippen MR) is 99.9 cm³/mol. The SMILES string of the molecule is CN(C)C(=O)COc1cccc(NC(=O)c2cn(-c3ccccc3)nn2)c1. The number of amides is 2. The van der Waals surface area contributed by atoms with Crippen LogP contribution in [0.4, 0.5) is 5.69 Å². The minimum Gasteiger partial charge on any atom is -0.484 e. The van der Waals surface area contributed by atoms with Gasteiger partial charge in [-0.3, -0.25) is 9.59 Å². The Bertz CT molecular complexity index is 937. The summed E-state index contributed by atoms with van der Waals surface area (Å²) in [6.45, 7) is -0.0736. The zero-order chi connectivity index (χ0) is 19.2. The van der Waals surface area contributed by atoms with Gasteiger partial charge in [-0.1, -0.05) is 29.5 Å². The molecule has 0 atom stereocenters. The first kappa shape index (κ1) is 18.1. The van der Waals surface area contributed by atoms with Gasteiger partial charge in [-0.25, -0.2) is 4.68 Å². The van der Waals surface area contributed by atoms with Gasteiger partial charge in [-0.2, -0.15) is 0 Å². The predicted octanol–water partition coefficient (Wildman–Crippen LogP) is 1.99. The zero-order valence-electron chi connectivity index (χ0n) is 15.0. The third-order valence-corrected chi connectivity index (χ3v) is 3.70. The Kier molecular flexibility index (Phi) is 5.46. The van der Waals surface area contributed by atoms with Crippen molar-refractivity contribution in [3.05, 3.63) is 66.5 Å². The molecule has 0 radical (unpaired) electrons. The lowest BCUT2D eigenvalue weighted by atomic mass is 10.3. The van der Waals surface area contributed by atoms with Gasteiger partial charge < -0.3 is 15.0 Å². The molecule has 0 aliphatic rings. The largest absolute Gasteiger partial charge is 0.484 e. The first-order valence-corrected chi connectivity index (χ1v) is 8.25. The number of nitrogens with one attached hydrogen (secondary N) is 1. The van der Waals surface area contributed by atoms with Crippen LogP contribution in [-0.2, 0) is 4.79 Å². The van der Waals surface area contributed by atoms with Crippen molar-refractivity contribution in [1.29, 1.82) is 0 Å². The molecule has 2 amide bonds. The van der Waals surface area contributed by atoms with Crippen molar-refractivity contribution in [2.45, 2.75) is 0 Å². The molecule has 2 aromatic carbocycles.